The maximum absolute atomic E-state index is 12.1. The molecule has 1 aliphatic heterocycles. The lowest BCUT2D eigenvalue weighted by molar-refractivity contribution is -0.289. The zero-order chi connectivity index (χ0) is 30.1. The number of aromatic nitrogens is 2. The van der Waals surface area contributed by atoms with Gasteiger partial charge in [-0.1, -0.05) is 43.3 Å². The number of hydrogen-bond acceptors (Lipinski definition) is 11. The summed E-state index contributed by atoms with van der Waals surface area (Å²) >= 11 is 0. The van der Waals surface area contributed by atoms with Crippen molar-refractivity contribution in [2.45, 2.75) is 85.1 Å². The third-order valence-corrected chi connectivity index (χ3v) is 6.12. The van der Waals surface area contributed by atoms with Gasteiger partial charge >= 0.3 is 23.9 Å². The number of aryl methyl sites for hydroxylation is 1. The van der Waals surface area contributed by atoms with Gasteiger partial charge < -0.3 is 28.4 Å². The normalized spacial score (nSPS) is 22.1. The molecule has 1 saturated heterocycles. The van der Waals surface area contributed by atoms with Crippen LogP contribution in [0.3, 0.4) is 0 Å². The summed E-state index contributed by atoms with van der Waals surface area (Å²) in [4.78, 5) is 47.7. The zero-order valence-corrected chi connectivity index (χ0v) is 24.0. The molecule has 0 spiro atoms. The maximum atomic E-state index is 12.1. The highest BCUT2D eigenvalue weighted by Crippen LogP contribution is 2.32. The van der Waals surface area contributed by atoms with Crippen molar-refractivity contribution >= 4 is 30.0 Å². The van der Waals surface area contributed by atoms with Gasteiger partial charge in [-0.05, 0) is 24.5 Å². The molecule has 0 radical (unpaired) electrons. The highest BCUT2D eigenvalue weighted by atomic mass is 16.7. The summed E-state index contributed by atoms with van der Waals surface area (Å²) in [7, 11) is 0. The van der Waals surface area contributed by atoms with Crippen LogP contribution in [0.4, 0.5) is 0 Å². The van der Waals surface area contributed by atoms with Gasteiger partial charge in [-0.2, -0.15) is 0 Å². The highest BCUT2D eigenvalue weighted by Gasteiger charge is 2.53. The van der Waals surface area contributed by atoms with Crippen LogP contribution in [0, 0.1) is 6.92 Å². The number of nitrogens with one attached hydrogen (secondary N) is 1. The standard InChI is InChI=1S/C29H36N2O10/c1-7-8-9-21-10-12-22(13-11-21)14-23-16(2)30-31-28(23)41-29-27(39-20(6)35)26(38-19(5)34)25(37-18(4)33)24(40-29)15-36-17(3)32/h8-13,24-27,29H,7,14-15H2,1-6H3,(H,30,31)/t24-,25-,26+,27-,29+/m1/s1. The molecule has 222 valence electrons. The topological polar surface area (TPSA) is 152 Å². The van der Waals surface area contributed by atoms with Crippen LogP contribution < -0.4 is 4.74 Å². The van der Waals surface area contributed by atoms with Crippen LogP contribution in [0.5, 0.6) is 5.88 Å². The monoisotopic (exact) mass is 572 g/mol. The molecule has 12 nitrogen and oxygen atoms in total. The molecule has 5 atom stereocenters. The van der Waals surface area contributed by atoms with Gasteiger partial charge in [-0.15, -0.1) is 5.10 Å². The fourth-order valence-electron chi connectivity index (χ4n) is 4.33. The molecule has 0 saturated carbocycles. The summed E-state index contributed by atoms with van der Waals surface area (Å²) in [5.41, 5.74) is 3.53. The molecule has 0 unspecified atom stereocenters. The molecule has 0 aliphatic carbocycles. The number of nitrogens with zero attached hydrogens (tertiary/aromatic N) is 1. The summed E-state index contributed by atoms with van der Waals surface area (Å²) in [6.07, 6.45) is -0.956. The number of allylic oxidation sites excluding steroid dienone is 1. The molecule has 2 aromatic rings. The van der Waals surface area contributed by atoms with Gasteiger partial charge in [0.1, 0.15) is 12.7 Å². The summed E-state index contributed by atoms with van der Waals surface area (Å²) in [5, 5.41) is 7.17. The Morgan fingerprint density at radius 3 is 2.10 bits per heavy atom. The van der Waals surface area contributed by atoms with Crippen molar-refractivity contribution in [1.29, 1.82) is 0 Å². The molecule has 1 fully saturated rings. The number of hydrogen-bond donors (Lipinski definition) is 1. The van der Waals surface area contributed by atoms with Gasteiger partial charge in [-0.25, -0.2) is 0 Å². The van der Waals surface area contributed by atoms with Gasteiger partial charge in [0, 0.05) is 45.4 Å². The number of benzene rings is 1. The van der Waals surface area contributed by atoms with E-state index in [9.17, 15) is 19.2 Å². The molecule has 1 aromatic heterocycles. The van der Waals surface area contributed by atoms with Crippen LogP contribution in [0.1, 0.15) is 63.4 Å². The third-order valence-electron chi connectivity index (χ3n) is 6.12. The predicted molar refractivity (Wildman–Crippen MR) is 144 cm³/mol. The van der Waals surface area contributed by atoms with Crippen LogP contribution in [-0.4, -0.2) is 71.4 Å². The molecule has 1 aliphatic rings. The van der Waals surface area contributed by atoms with Crippen LogP contribution in [0.2, 0.25) is 0 Å². The number of rotatable bonds is 11. The van der Waals surface area contributed by atoms with Crippen molar-refractivity contribution in [3.05, 3.63) is 52.7 Å². The highest BCUT2D eigenvalue weighted by molar-refractivity contribution is 5.68. The molecular formula is C29H36N2O10. The molecule has 0 amide bonds. The van der Waals surface area contributed by atoms with Crippen molar-refractivity contribution in [2.75, 3.05) is 6.61 Å². The predicted octanol–water partition coefficient (Wildman–Crippen LogP) is 3.19. The average Bonchev–Trinajstić information content (AvgIpc) is 3.23. The smallest absolute Gasteiger partial charge is 0.303 e. The lowest BCUT2D eigenvalue weighted by Crippen LogP contribution is -2.63. The van der Waals surface area contributed by atoms with E-state index in [1.807, 2.05) is 37.3 Å². The average molecular weight is 573 g/mol. The van der Waals surface area contributed by atoms with Crippen LogP contribution >= 0.6 is 0 Å². The van der Waals surface area contributed by atoms with E-state index >= 15 is 0 Å². The first kappa shape index (κ1) is 31.3. The molecule has 0 bridgehead atoms. The second-order valence-corrected chi connectivity index (χ2v) is 9.55. The van der Waals surface area contributed by atoms with E-state index in [1.165, 1.54) is 6.92 Å². The Kier molecular flexibility index (Phi) is 11.0. The lowest BCUT2D eigenvalue weighted by atomic mass is 9.98. The van der Waals surface area contributed by atoms with E-state index < -0.39 is 54.6 Å². The van der Waals surface area contributed by atoms with E-state index in [1.54, 1.807) is 0 Å². The van der Waals surface area contributed by atoms with Gasteiger partial charge in [0.15, 0.2) is 12.2 Å². The lowest BCUT2D eigenvalue weighted by Gasteiger charge is -2.43. The van der Waals surface area contributed by atoms with Gasteiger partial charge in [0.05, 0.1) is 0 Å². The van der Waals surface area contributed by atoms with Crippen molar-refractivity contribution in [3.63, 3.8) is 0 Å². The maximum Gasteiger partial charge on any atom is 0.303 e. The molecule has 3 rings (SSSR count). The Morgan fingerprint density at radius 2 is 1.51 bits per heavy atom. The molecule has 2 heterocycles. The Balaban J connectivity index is 1.95. The first-order valence-corrected chi connectivity index (χ1v) is 13.2. The van der Waals surface area contributed by atoms with Gasteiger partial charge in [0.2, 0.25) is 18.3 Å². The van der Waals surface area contributed by atoms with Crippen molar-refractivity contribution < 1.29 is 47.6 Å². The molecule has 1 aromatic carbocycles. The van der Waals surface area contributed by atoms with E-state index in [-0.39, 0.29) is 12.5 Å². The zero-order valence-electron chi connectivity index (χ0n) is 24.0. The largest absolute Gasteiger partial charge is 0.463 e. The van der Waals surface area contributed by atoms with Gasteiger partial charge in [-0.3, -0.25) is 24.3 Å². The minimum atomic E-state index is -1.38. The van der Waals surface area contributed by atoms with Crippen molar-refractivity contribution in [2.24, 2.45) is 0 Å². The second kappa shape index (κ2) is 14.4. The van der Waals surface area contributed by atoms with E-state index in [2.05, 4.69) is 23.2 Å². The van der Waals surface area contributed by atoms with Crippen molar-refractivity contribution in [1.82, 2.24) is 10.2 Å². The fourth-order valence-corrected chi connectivity index (χ4v) is 4.33. The first-order chi connectivity index (χ1) is 19.5. The fraction of sp³-hybridized carbons (Fsp3) is 0.483. The van der Waals surface area contributed by atoms with Crippen LogP contribution in [0.25, 0.3) is 6.08 Å². The number of carbonyl (C=O) groups excluding carboxylic acids is 4. The van der Waals surface area contributed by atoms with E-state index in [0.717, 1.165) is 49.6 Å². The summed E-state index contributed by atoms with van der Waals surface area (Å²) in [6.45, 7) is 8.22. The molecule has 41 heavy (non-hydrogen) atoms. The Morgan fingerprint density at radius 1 is 0.902 bits per heavy atom. The summed E-state index contributed by atoms with van der Waals surface area (Å²) in [5.74, 6) is -2.62. The molecular weight excluding hydrogens is 536 g/mol. The first-order valence-electron chi connectivity index (χ1n) is 13.2. The summed E-state index contributed by atoms with van der Waals surface area (Å²) < 4.78 is 33.6. The van der Waals surface area contributed by atoms with E-state index in [0.29, 0.717) is 6.42 Å². The minimum absolute atomic E-state index is 0.165. The Labute approximate surface area is 238 Å². The minimum Gasteiger partial charge on any atom is -0.463 e. The van der Waals surface area contributed by atoms with Crippen LogP contribution in [0.15, 0.2) is 30.3 Å². The van der Waals surface area contributed by atoms with Crippen molar-refractivity contribution in [3.8, 4) is 5.88 Å². The van der Waals surface area contributed by atoms with Gasteiger partial charge in [0.25, 0.3) is 0 Å². The number of ether oxygens (including phenoxy) is 6. The Hall–Kier alpha value is -4.19. The number of esters is 4. The SMILES string of the molecule is CCC=Cc1ccc(Cc2c(O[C@@H]3O[C@H](COC(C)=O)[C@@H](OC(C)=O)[C@H](OC(C)=O)[C@H]3OC(C)=O)n[nH]c2C)cc1. The quantitative estimate of drug-likeness (QED) is 0.312. The number of aromatic amines is 1. The molecule has 1 N–H and O–H groups in total. The third kappa shape index (κ3) is 8.90. The summed E-state index contributed by atoms with van der Waals surface area (Å²) in [6, 6.07) is 8.02. The molecule has 12 heteroatoms. The number of carbonyl (C=O) groups is 4. The van der Waals surface area contributed by atoms with Crippen LogP contribution in [-0.2, 0) is 49.3 Å². The second-order valence-electron chi connectivity index (χ2n) is 9.55. The van der Waals surface area contributed by atoms with E-state index in [4.69, 9.17) is 28.4 Å². The number of H-pyrrole nitrogens is 1. The Bertz CT molecular complexity index is 1250.